The minimum atomic E-state index is 0.355. The molecule has 0 atom stereocenters. The maximum absolute atomic E-state index is 10.7. The van der Waals surface area contributed by atoms with E-state index >= 15 is 0 Å². The second kappa shape index (κ2) is 9.43. The molecule has 2 fully saturated rings. The zero-order valence-corrected chi connectivity index (χ0v) is 13.9. The number of rotatable bonds is 7. The molecule has 2 aliphatic carbocycles. The predicted octanol–water partition coefficient (Wildman–Crippen LogP) is 5.93. The number of allylic oxidation sites excluding steroid dienone is 2. The van der Waals surface area contributed by atoms with Gasteiger partial charge in [-0.05, 0) is 56.3 Å². The molecule has 0 aromatic carbocycles. The van der Waals surface area contributed by atoms with Crippen LogP contribution < -0.4 is 0 Å². The van der Waals surface area contributed by atoms with Gasteiger partial charge in [0, 0.05) is 5.92 Å². The summed E-state index contributed by atoms with van der Waals surface area (Å²) in [7, 11) is 0. The van der Waals surface area contributed by atoms with Crippen LogP contribution in [-0.2, 0) is 4.79 Å². The van der Waals surface area contributed by atoms with Crippen LogP contribution in [0.3, 0.4) is 0 Å². The lowest BCUT2D eigenvalue weighted by molar-refractivity contribution is -0.112. The molecule has 0 unspecified atom stereocenters. The van der Waals surface area contributed by atoms with E-state index in [1.165, 1.54) is 64.2 Å². The Hall–Kier alpha value is -0.590. The molecule has 0 heterocycles. The van der Waals surface area contributed by atoms with Crippen molar-refractivity contribution in [3.05, 3.63) is 12.2 Å². The summed E-state index contributed by atoms with van der Waals surface area (Å²) < 4.78 is 0. The summed E-state index contributed by atoms with van der Waals surface area (Å²) in [4.78, 5) is 10.7. The first-order valence-electron chi connectivity index (χ1n) is 9.43. The Morgan fingerprint density at radius 1 is 0.810 bits per heavy atom. The van der Waals surface area contributed by atoms with E-state index in [1.54, 1.807) is 0 Å². The van der Waals surface area contributed by atoms with Crippen molar-refractivity contribution in [1.82, 2.24) is 0 Å². The number of hydrogen-bond acceptors (Lipinski definition) is 1. The Labute approximate surface area is 131 Å². The van der Waals surface area contributed by atoms with Crippen molar-refractivity contribution >= 4 is 6.29 Å². The molecule has 0 aromatic heterocycles. The molecule has 0 amide bonds. The van der Waals surface area contributed by atoms with E-state index in [-0.39, 0.29) is 0 Å². The standard InChI is InChI=1S/C20H34O/c1-2-5-17-8-10-18(11-9-17)6-3-4-7-19-12-14-20(16-21)15-13-19/h4,7,16-20H,2-3,5-6,8-15H2,1H3/b7-4+/t17-,18-,19?,20?. The van der Waals surface area contributed by atoms with Crippen LogP contribution in [0.1, 0.15) is 84.0 Å². The van der Waals surface area contributed by atoms with Gasteiger partial charge in [0.05, 0.1) is 0 Å². The van der Waals surface area contributed by atoms with E-state index in [1.807, 2.05) is 0 Å². The molecule has 120 valence electrons. The van der Waals surface area contributed by atoms with Crippen molar-refractivity contribution in [3.63, 3.8) is 0 Å². The van der Waals surface area contributed by atoms with Gasteiger partial charge in [0.15, 0.2) is 0 Å². The van der Waals surface area contributed by atoms with Gasteiger partial charge in [-0.1, -0.05) is 57.6 Å². The molecule has 0 spiro atoms. The molecule has 0 radical (unpaired) electrons. The van der Waals surface area contributed by atoms with Crippen molar-refractivity contribution in [2.24, 2.45) is 23.7 Å². The first kappa shape index (κ1) is 16.8. The Balaban J connectivity index is 1.55. The van der Waals surface area contributed by atoms with Gasteiger partial charge >= 0.3 is 0 Å². The Morgan fingerprint density at radius 2 is 1.38 bits per heavy atom. The van der Waals surface area contributed by atoms with Gasteiger partial charge in [-0.25, -0.2) is 0 Å². The molecular weight excluding hydrogens is 256 g/mol. The van der Waals surface area contributed by atoms with Crippen LogP contribution in [0.5, 0.6) is 0 Å². The highest BCUT2D eigenvalue weighted by Gasteiger charge is 2.20. The Bertz CT molecular complexity index is 304. The molecule has 1 heteroatoms. The van der Waals surface area contributed by atoms with Gasteiger partial charge in [0.25, 0.3) is 0 Å². The fourth-order valence-corrected chi connectivity index (χ4v) is 4.31. The molecule has 21 heavy (non-hydrogen) atoms. The van der Waals surface area contributed by atoms with Gasteiger partial charge in [-0.2, -0.15) is 0 Å². The van der Waals surface area contributed by atoms with E-state index in [9.17, 15) is 4.79 Å². The smallest absolute Gasteiger partial charge is 0.123 e. The molecule has 0 N–H and O–H groups in total. The van der Waals surface area contributed by atoms with Crippen molar-refractivity contribution in [3.8, 4) is 0 Å². The SMILES string of the molecule is CCC[C@H]1CC[C@H](CC/C=C/C2CCC(C=O)CC2)CC1. The largest absolute Gasteiger partial charge is 0.303 e. The summed E-state index contributed by atoms with van der Waals surface area (Å²) in [5.74, 6) is 3.14. The van der Waals surface area contributed by atoms with Crippen LogP contribution in [0, 0.1) is 23.7 Å². The first-order chi connectivity index (χ1) is 10.3. The van der Waals surface area contributed by atoms with Crippen molar-refractivity contribution < 1.29 is 4.79 Å². The lowest BCUT2D eigenvalue weighted by Gasteiger charge is -2.28. The van der Waals surface area contributed by atoms with E-state index in [0.29, 0.717) is 5.92 Å². The fourth-order valence-electron chi connectivity index (χ4n) is 4.31. The summed E-state index contributed by atoms with van der Waals surface area (Å²) in [6, 6.07) is 0. The summed E-state index contributed by atoms with van der Waals surface area (Å²) in [5.41, 5.74) is 0. The number of hydrogen-bond donors (Lipinski definition) is 0. The molecular formula is C20H34O. The number of aldehydes is 1. The maximum Gasteiger partial charge on any atom is 0.123 e. The third-order valence-corrected chi connectivity index (χ3v) is 5.82. The average Bonchev–Trinajstić information content (AvgIpc) is 2.54. The molecule has 0 aromatic rings. The van der Waals surface area contributed by atoms with Crippen LogP contribution in [0.4, 0.5) is 0 Å². The molecule has 0 bridgehead atoms. The topological polar surface area (TPSA) is 17.1 Å². The van der Waals surface area contributed by atoms with E-state index in [2.05, 4.69) is 19.1 Å². The quantitative estimate of drug-likeness (QED) is 0.419. The van der Waals surface area contributed by atoms with Crippen LogP contribution in [0.2, 0.25) is 0 Å². The van der Waals surface area contributed by atoms with E-state index in [4.69, 9.17) is 0 Å². The second-order valence-corrected chi connectivity index (χ2v) is 7.49. The second-order valence-electron chi connectivity index (χ2n) is 7.49. The van der Waals surface area contributed by atoms with Crippen molar-refractivity contribution in [2.45, 2.75) is 84.0 Å². The van der Waals surface area contributed by atoms with Gasteiger partial charge < -0.3 is 4.79 Å². The summed E-state index contributed by atoms with van der Waals surface area (Å²) in [5, 5.41) is 0. The van der Waals surface area contributed by atoms with E-state index < -0.39 is 0 Å². The highest BCUT2D eigenvalue weighted by molar-refractivity contribution is 5.53. The highest BCUT2D eigenvalue weighted by atomic mass is 16.1. The molecule has 2 aliphatic rings. The molecule has 2 rings (SSSR count). The zero-order valence-electron chi connectivity index (χ0n) is 13.9. The predicted molar refractivity (Wildman–Crippen MR) is 90.2 cm³/mol. The third-order valence-electron chi connectivity index (χ3n) is 5.82. The van der Waals surface area contributed by atoms with Gasteiger partial charge in [-0.15, -0.1) is 0 Å². The zero-order chi connectivity index (χ0) is 14.9. The highest BCUT2D eigenvalue weighted by Crippen LogP contribution is 2.34. The Morgan fingerprint density at radius 3 is 1.95 bits per heavy atom. The van der Waals surface area contributed by atoms with Gasteiger partial charge in [0.2, 0.25) is 0 Å². The average molecular weight is 290 g/mol. The summed E-state index contributed by atoms with van der Waals surface area (Å²) in [6.07, 6.45) is 22.1. The minimum Gasteiger partial charge on any atom is -0.303 e. The van der Waals surface area contributed by atoms with Crippen molar-refractivity contribution in [2.75, 3.05) is 0 Å². The first-order valence-corrected chi connectivity index (χ1v) is 9.43. The molecule has 0 aliphatic heterocycles. The lowest BCUT2D eigenvalue weighted by atomic mass is 9.78. The summed E-state index contributed by atoms with van der Waals surface area (Å²) >= 11 is 0. The summed E-state index contributed by atoms with van der Waals surface area (Å²) in [6.45, 7) is 2.32. The van der Waals surface area contributed by atoms with Gasteiger partial charge in [-0.3, -0.25) is 0 Å². The maximum atomic E-state index is 10.7. The normalized spacial score (nSPS) is 34.1. The van der Waals surface area contributed by atoms with Gasteiger partial charge in [0.1, 0.15) is 6.29 Å². The number of carbonyl (C=O) groups is 1. The molecule has 0 saturated heterocycles. The van der Waals surface area contributed by atoms with Crippen LogP contribution in [0.25, 0.3) is 0 Å². The van der Waals surface area contributed by atoms with Crippen LogP contribution in [0.15, 0.2) is 12.2 Å². The monoisotopic (exact) mass is 290 g/mol. The molecule has 2 saturated carbocycles. The lowest BCUT2D eigenvalue weighted by Crippen LogP contribution is -2.14. The minimum absolute atomic E-state index is 0.355. The van der Waals surface area contributed by atoms with Crippen molar-refractivity contribution in [1.29, 1.82) is 0 Å². The van der Waals surface area contributed by atoms with Crippen LogP contribution in [-0.4, -0.2) is 6.29 Å². The Kier molecular flexibility index (Phi) is 7.53. The third kappa shape index (κ3) is 5.96. The van der Waals surface area contributed by atoms with E-state index in [0.717, 1.165) is 36.9 Å². The molecule has 1 nitrogen and oxygen atoms in total. The number of carbonyl (C=O) groups excluding carboxylic acids is 1. The fraction of sp³-hybridized carbons (Fsp3) is 0.850. The van der Waals surface area contributed by atoms with Crippen LogP contribution >= 0.6 is 0 Å².